The van der Waals surface area contributed by atoms with Crippen LogP contribution in [0.4, 0.5) is 0 Å². The van der Waals surface area contributed by atoms with Gasteiger partial charge in [-0.3, -0.25) is 9.98 Å². The first-order valence-electron chi connectivity index (χ1n) is 8.22. The Bertz CT molecular complexity index is 844. The molecule has 134 valence electrons. The van der Waals surface area contributed by atoms with Crippen molar-refractivity contribution in [1.29, 1.82) is 0 Å². The van der Waals surface area contributed by atoms with Crippen molar-refractivity contribution in [1.82, 2.24) is 0 Å². The molecular weight excluding hydrogens is 410 g/mol. The van der Waals surface area contributed by atoms with Gasteiger partial charge < -0.3 is 0 Å². The summed E-state index contributed by atoms with van der Waals surface area (Å²) in [4.78, 5) is 9.76. The van der Waals surface area contributed by atoms with E-state index >= 15 is 0 Å². The van der Waals surface area contributed by atoms with Crippen LogP contribution in [-0.2, 0) is 0 Å². The monoisotopic (exact) mass is 424 g/mol. The van der Waals surface area contributed by atoms with Crippen molar-refractivity contribution in [2.45, 2.75) is 33.6 Å². The highest BCUT2D eigenvalue weighted by atomic mass is 35.5. The number of halogens is 4. The van der Waals surface area contributed by atoms with Gasteiger partial charge in [0.15, 0.2) is 8.67 Å². The molecular formula is C20H16Cl4N2. The van der Waals surface area contributed by atoms with Gasteiger partial charge in [0.1, 0.15) is 11.1 Å². The lowest BCUT2D eigenvalue weighted by Gasteiger charge is -2.40. The molecule has 0 bridgehead atoms. The van der Waals surface area contributed by atoms with Gasteiger partial charge >= 0.3 is 0 Å². The maximum absolute atomic E-state index is 6.89. The number of rotatable bonds is 2. The molecule has 0 unspecified atom stereocenters. The Kier molecular flexibility index (Phi) is 4.03. The zero-order valence-corrected chi connectivity index (χ0v) is 17.2. The SMILES string of the molecule is C[C@@]12N=C(c3ccccc3)C(Cl)(Cl)[C@]1(C)N=C(c1ccccc1)C2(Cl)Cl. The number of fused-ring (bicyclic) bond motifs is 1. The van der Waals surface area contributed by atoms with Crippen molar-refractivity contribution in [3.05, 3.63) is 71.8 Å². The zero-order valence-electron chi connectivity index (χ0n) is 14.2. The van der Waals surface area contributed by atoms with E-state index in [-0.39, 0.29) is 0 Å². The quantitative estimate of drug-likeness (QED) is 0.538. The summed E-state index contributed by atoms with van der Waals surface area (Å²) in [7, 11) is 0. The number of hydrogen-bond acceptors (Lipinski definition) is 2. The van der Waals surface area contributed by atoms with Crippen LogP contribution in [0.1, 0.15) is 25.0 Å². The summed E-state index contributed by atoms with van der Waals surface area (Å²) in [6.07, 6.45) is 0. The molecule has 0 amide bonds. The van der Waals surface area contributed by atoms with Gasteiger partial charge in [0, 0.05) is 0 Å². The van der Waals surface area contributed by atoms with E-state index in [1.807, 2.05) is 74.5 Å². The Labute approximate surface area is 172 Å². The van der Waals surface area contributed by atoms with E-state index in [4.69, 9.17) is 56.4 Å². The fourth-order valence-electron chi connectivity index (χ4n) is 3.70. The molecule has 0 fully saturated rings. The van der Waals surface area contributed by atoms with Crippen LogP contribution in [0.3, 0.4) is 0 Å². The molecule has 0 saturated carbocycles. The average molecular weight is 426 g/mol. The van der Waals surface area contributed by atoms with Crippen molar-refractivity contribution < 1.29 is 0 Å². The molecule has 2 aromatic carbocycles. The third kappa shape index (κ3) is 2.13. The molecule has 2 nitrogen and oxygen atoms in total. The Morgan fingerprint density at radius 3 is 1.19 bits per heavy atom. The van der Waals surface area contributed by atoms with Crippen molar-refractivity contribution in [3.8, 4) is 0 Å². The summed E-state index contributed by atoms with van der Waals surface area (Å²) in [5.74, 6) is 0. The highest BCUT2D eigenvalue weighted by Gasteiger charge is 2.76. The summed E-state index contributed by atoms with van der Waals surface area (Å²) in [5.41, 5.74) is 0.678. The van der Waals surface area contributed by atoms with Crippen LogP contribution in [0, 0.1) is 0 Å². The number of aliphatic imine (C=N–C) groups is 2. The summed E-state index contributed by atoms with van der Waals surface area (Å²) < 4.78 is -2.76. The standard InChI is InChI=1S/C20H16Cl4N2/c1-17-18(2,20(23,24)16(25-17)14-11-7-4-8-12-14)26-15(19(17,21)22)13-9-5-3-6-10-13/h3-12H,1-2H3/t17-,18-/m1/s1. The van der Waals surface area contributed by atoms with Gasteiger partial charge in [-0.1, -0.05) is 107 Å². The second-order valence-corrected chi connectivity index (χ2v) is 9.60. The van der Waals surface area contributed by atoms with E-state index in [1.165, 1.54) is 0 Å². The summed E-state index contributed by atoms with van der Waals surface area (Å²) in [6.45, 7) is 3.73. The van der Waals surface area contributed by atoms with E-state index in [2.05, 4.69) is 0 Å². The molecule has 2 atom stereocenters. The van der Waals surface area contributed by atoms with Crippen molar-refractivity contribution >= 4 is 57.8 Å². The van der Waals surface area contributed by atoms with Crippen LogP contribution in [-0.4, -0.2) is 31.2 Å². The smallest absolute Gasteiger partial charge is 0.187 e. The Morgan fingerprint density at radius 1 is 0.577 bits per heavy atom. The fraction of sp³-hybridized carbons (Fsp3) is 0.300. The number of benzene rings is 2. The largest absolute Gasteiger partial charge is 0.273 e. The molecule has 0 spiro atoms. The first-order chi connectivity index (χ1) is 12.2. The minimum atomic E-state index is -1.38. The predicted octanol–water partition coefficient (Wildman–Crippen LogP) is 5.86. The lowest BCUT2D eigenvalue weighted by Crippen LogP contribution is -2.58. The zero-order chi connectivity index (χ0) is 18.8. The molecule has 0 aliphatic carbocycles. The van der Waals surface area contributed by atoms with E-state index < -0.39 is 19.7 Å². The lowest BCUT2D eigenvalue weighted by atomic mass is 9.78. The van der Waals surface area contributed by atoms with Gasteiger partial charge in [-0.15, -0.1) is 0 Å². The van der Waals surface area contributed by atoms with Gasteiger partial charge in [-0.25, -0.2) is 0 Å². The molecule has 0 saturated heterocycles. The second-order valence-electron chi connectivity index (χ2n) is 6.95. The topological polar surface area (TPSA) is 24.7 Å². The maximum atomic E-state index is 6.89. The molecule has 6 heteroatoms. The van der Waals surface area contributed by atoms with E-state index in [0.717, 1.165) is 11.1 Å². The first kappa shape index (κ1) is 18.3. The van der Waals surface area contributed by atoms with Crippen LogP contribution in [0.2, 0.25) is 0 Å². The lowest BCUT2D eigenvalue weighted by molar-refractivity contribution is 0.312. The van der Waals surface area contributed by atoms with Crippen LogP contribution < -0.4 is 0 Å². The molecule has 2 aliphatic heterocycles. The van der Waals surface area contributed by atoms with Crippen molar-refractivity contribution in [2.24, 2.45) is 9.98 Å². The highest BCUT2D eigenvalue weighted by molar-refractivity contribution is 6.66. The van der Waals surface area contributed by atoms with Crippen LogP contribution in [0.15, 0.2) is 70.6 Å². The van der Waals surface area contributed by atoms with E-state index in [0.29, 0.717) is 11.4 Å². The Morgan fingerprint density at radius 2 is 0.885 bits per heavy atom. The maximum Gasteiger partial charge on any atom is 0.187 e. The van der Waals surface area contributed by atoms with Gasteiger partial charge in [-0.2, -0.15) is 0 Å². The van der Waals surface area contributed by atoms with Crippen LogP contribution >= 0.6 is 46.4 Å². The molecule has 2 aliphatic rings. The molecule has 4 rings (SSSR count). The molecule has 0 aromatic heterocycles. The number of hydrogen-bond donors (Lipinski definition) is 0. The minimum absolute atomic E-state index is 0.535. The third-order valence-electron chi connectivity index (χ3n) is 5.53. The highest BCUT2D eigenvalue weighted by Crippen LogP contribution is 2.63. The number of alkyl halides is 4. The molecule has 0 N–H and O–H groups in total. The second kappa shape index (κ2) is 5.72. The van der Waals surface area contributed by atoms with E-state index in [9.17, 15) is 0 Å². The van der Waals surface area contributed by atoms with Crippen LogP contribution in [0.25, 0.3) is 0 Å². The molecule has 26 heavy (non-hydrogen) atoms. The molecule has 2 aromatic rings. The van der Waals surface area contributed by atoms with Gasteiger partial charge in [-0.05, 0) is 25.0 Å². The minimum Gasteiger partial charge on any atom is -0.273 e. The molecule has 0 radical (unpaired) electrons. The molecule has 2 heterocycles. The van der Waals surface area contributed by atoms with Gasteiger partial charge in [0.2, 0.25) is 0 Å². The summed E-state index contributed by atoms with van der Waals surface area (Å²) >= 11 is 27.6. The Balaban J connectivity index is 1.93. The summed E-state index contributed by atoms with van der Waals surface area (Å²) in [6, 6.07) is 19.1. The van der Waals surface area contributed by atoms with Crippen molar-refractivity contribution in [2.75, 3.05) is 0 Å². The van der Waals surface area contributed by atoms with E-state index in [1.54, 1.807) is 0 Å². The number of nitrogens with zero attached hydrogens (tertiary/aromatic N) is 2. The normalized spacial score (nSPS) is 31.3. The predicted molar refractivity (Wildman–Crippen MR) is 112 cm³/mol. The van der Waals surface area contributed by atoms with Gasteiger partial charge in [0.25, 0.3) is 0 Å². The summed E-state index contributed by atoms with van der Waals surface area (Å²) in [5, 5.41) is 0. The van der Waals surface area contributed by atoms with Gasteiger partial charge in [0.05, 0.1) is 11.4 Å². The Hall–Kier alpha value is -1.06. The first-order valence-corrected chi connectivity index (χ1v) is 9.73. The fourth-order valence-corrected chi connectivity index (χ4v) is 5.21. The van der Waals surface area contributed by atoms with Crippen molar-refractivity contribution in [3.63, 3.8) is 0 Å². The van der Waals surface area contributed by atoms with Crippen LogP contribution in [0.5, 0.6) is 0 Å². The third-order valence-corrected chi connectivity index (χ3v) is 7.72. The average Bonchev–Trinajstić information content (AvgIpc) is 2.90.